The molecule has 2 rings (SSSR count). The van der Waals surface area contributed by atoms with E-state index in [1.807, 2.05) is 0 Å². The summed E-state index contributed by atoms with van der Waals surface area (Å²) in [5, 5.41) is 3.47. The maximum Gasteiger partial charge on any atom is 0.0720 e. The van der Waals surface area contributed by atoms with E-state index in [-0.39, 0.29) is 0 Å². The Kier molecular flexibility index (Phi) is 6.51. The minimum absolute atomic E-state index is 0.513. The van der Waals surface area contributed by atoms with Crippen LogP contribution in [0.15, 0.2) is 24.3 Å². The molecule has 1 aliphatic rings. The Morgan fingerprint density at radius 1 is 1.15 bits per heavy atom. The average Bonchev–Trinajstić information content (AvgIpc) is 2.95. The van der Waals surface area contributed by atoms with E-state index < -0.39 is 0 Å². The number of ether oxygens (including phenoxy) is 1. The van der Waals surface area contributed by atoms with Crippen molar-refractivity contribution < 1.29 is 4.74 Å². The largest absolute Gasteiger partial charge is 0.375 e. The molecule has 1 aliphatic heterocycles. The van der Waals surface area contributed by atoms with Crippen molar-refractivity contribution >= 4 is 0 Å². The number of benzene rings is 1. The zero-order valence-electron chi connectivity index (χ0n) is 12.9. The molecule has 0 amide bonds. The topological polar surface area (TPSA) is 24.5 Å². The van der Waals surface area contributed by atoms with E-state index in [1.165, 1.54) is 37.1 Å². The van der Waals surface area contributed by atoms with Crippen LogP contribution < -0.4 is 5.32 Å². The monoisotopic (exact) mass is 276 g/mol. The van der Waals surface area contributed by atoms with Gasteiger partial charge in [0.15, 0.2) is 0 Å². The fraction of sp³-hybridized carbons (Fsp3) is 0.647. The Hall–Kier alpha value is -0.900. The molecule has 1 heterocycles. The molecule has 0 atom stereocenters. The van der Waals surface area contributed by atoms with Gasteiger partial charge in [0, 0.05) is 19.1 Å². The molecular formula is C17H28N2O. The van der Waals surface area contributed by atoms with Crippen molar-refractivity contribution in [2.75, 3.05) is 26.2 Å². The van der Waals surface area contributed by atoms with Gasteiger partial charge in [-0.15, -0.1) is 0 Å². The number of likely N-dealkylation sites (tertiary alicyclic amines) is 1. The molecule has 0 unspecified atom stereocenters. The summed E-state index contributed by atoms with van der Waals surface area (Å²) in [5.41, 5.74) is 2.66. The molecule has 20 heavy (non-hydrogen) atoms. The lowest BCUT2D eigenvalue weighted by molar-refractivity contribution is 0.0987. The fourth-order valence-corrected chi connectivity index (χ4v) is 2.57. The molecular weight excluding hydrogens is 248 g/mol. The van der Waals surface area contributed by atoms with E-state index in [1.54, 1.807) is 0 Å². The number of hydrogen-bond acceptors (Lipinski definition) is 3. The summed E-state index contributed by atoms with van der Waals surface area (Å²) >= 11 is 0. The van der Waals surface area contributed by atoms with Gasteiger partial charge < -0.3 is 15.0 Å². The Morgan fingerprint density at radius 3 is 2.55 bits per heavy atom. The molecule has 112 valence electrons. The number of rotatable bonds is 8. The normalized spacial score (nSPS) is 16.1. The second-order valence-electron chi connectivity index (χ2n) is 5.91. The molecule has 1 N–H and O–H groups in total. The van der Waals surface area contributed by atoms with Gasteiger partial charge in [0.05, 0.1) is 13.2 Å². The summed E-state index contributed by atoms with van der Waals surface area (Å²) < 4.78 is 5.86. The molecule has 1 aromatic carbocycles. The van der Waals surface area contributed by atoms with Crippen LogP contribution in [0.3, 0.4) is 0 Å². The molecule has 0 radical (unpaired) electrons. The highest BCUT2D eigenvalue weighted by Crippen LogP contribution is 2.11. The third-order valence-corrected chi connectivity index (χ3v) is 3.83. The highest BCUT2D eigenvalue weighted by Gasteiger charge is 2.10. The molecule has 0 aromatic heterocycles. The van der Waals surface area contributed by atoms with Gasteiger partial charge in [0.2, 0.25) is 0 Å². The molecule has 1 aromatic rings. The zero-order chi connectivity index (χ0) is 14.2. The van der Waals surface area contributed by atoms with Crippen LogP contribution in [0.25, 0.3) is 0 Å². The third kappa shape index (κ3) is 5.23. The SMILES string of the molecule is CC(C)NCc1ccccc1COCCN1CCCC1. The molecule has 0 spiro atoms. The van der Waals surface area contributed by atoms with Crippen molar-refractivity contribution in [3.05, 3.63) is 35.4 Å². The van der Waals surface area contributed by atoms with Gasteiger partial charge in [0.1, 0.15) is 0 Å². The van der Waals surface area contributed by atoms with E-state index in [0.29, 0.717) is 6.04 Å². The maximum absolute atomic E-state index is 5.86. The first-order chi connectivity index (χ1) is 9.75. The van der Waals surface area contributed by atoms with Crippen LogP contribution >= 0.6 is 0 Å². The first kappa shape index (κ1) is 15.5. The molecule has 1 saturated heterocycles. The van der Waals surface area contributed by atoms with Crippen molar-refractivity contribution in [2.24, 2.45) is 0 Å². The third-order valence-electron chi connectivity index (χ3n) is 3.83. The Morgan fingerprint density at radius 2 is 1.85 bits per heavy atom. The number of hydrogen-bond donors (Lipinski definition) is 1. The standard InChI is InChI=1S/C17H28N2O/c1-15(2)18-13-16-7-3-4-8-17(16)14-20-12-11-19-9-5-6-10-19/h3-4,7-8,15,18H,5-6,9-14H2,1-2H3. The van der Waals surface area contributed by atoms with Gasteiger partial charge in [-0.3, -0.25) is 0 Å². The highest BCUT2D eigenvalue weighted by atomic mass is 16.5. The minimum atomic E-state index is 0.513. The molecule has 0 aliphatic carbocycles. The van der Waals surface area contributed by atoms with E-state index in [2.05, 4.69) is 48.3 Å². The van der Waals surface area contributed by atoms with Crippen molar-refractivity contribution in [1.29, 1.82) is 0 Å². The number of nitrogens with zero attached hydrogens (tertiary/aromatic N) is 1. The van der Waals surface area contributed by atoms with Crippen LogP contribution in [-0.2, 0) is 17.9 Å². The first-order valence-electron chi connectivity index (χ1n) is 7.86. The van der Waals surface area contributed by atoms with Crippen LogP contribution in [-0.4, -0.2) is 37.2 Å². The van der Waals surface area contributed by atoms with E-state index in [9.17, 15) is 0 Å². The van der Waals surface area contributed by atoms with Crippen LogP contribution in [0.2, 0.25) is 0 Å². The van der Waals surface area contributed by atoms with Crippen LogP contribution in [0.5, 0.6) is 0 Å². The van der Waals surface area contributed by atoms with E-state index in [0.717, 1.165) is 26.3 Å². The van der Waals surface area contributed by atoms with Crippen LogP contribution in [0.1, 0.15) is 37.8 Å². The van der Waals surface area contributed by atoms with E-state index in [4.69, 9.17) is 4.74 Å². The fourth-order valence-electron chi connectivity index (χ4n) is 2.57. The average molecular weight is 276 g/mol. The van der Waals surface area contributed by atoms with E-state index >= 15 is 0 Å². The quantitative estimate of drug-likeness (QED) is 0.739. The summed E-state index contributed by atoms with van der Waals surface area (Å²) in [4.78, 5) is 2.49. The molecule has 0 bridgehead atoms. The Labute approximate surface area is 123 Å². The van der Waals surface area contributed by atoms with Crippen molar-refractivity contribution in [2.45, 2.75) is 45.9 Å². The molecule has 3 heteroatoms. The van der Waals surface area contributed by atoms with Crippen LogP contribution in [0.4, 0.5) is 0 Å². The van der Waals surface area contributed by atoms with Gasteiger partial charge in [0.25, 0.3) is 0 Å². The van der Waals surface area contributed by atoms with Crippen molar-refractivity contribution in [3.8, 4) is 0 Å². The lowest BCUT2D eigenvalue weighted by Gasteiger charge is -2.16. The van der Waals surface area contributed by atoms with Gasteiger partial charge in [-0.25, -0.2) is 0 Å². The Bertz CT molecular complexity index is 386. The maximum atomic E-state index is 5.86. The second kappa shape index (κ2) is 8.40. The van der Waals surface area contributed by atoms with Gasteiger partial charge >= 0.3 is 0 Å². The predicted molar refractivity (Wildman–Crippen MR) is 83.7 cm³/mol. The summed E-state index contributed by atoms with van der Waals surface area (Å²) in [7, 11) is 0. The summed E-state index contributed by atoms with van der Waals surface area (Å²) in [6.07, 6.45) is 2.70. The van der Waals surface area contributed by atoms with Gasteiger partial charge in [-0.2, -0.15) is 0 Å². The predicted octanol–water partition coefficient (Wildman–Crippen LogP) is 2.80. The molecule has 3 nitrogen and oxygen atoms in total. The second-order valence-corrected chi connectivity index (χ2v) is 5.91. The summed E-state index contributed by atoms with van der Waals surface area (Å²) in [6.45, 7) is 10.4. The zero-order valence-corrected chi connectivity index (χ0v) is 12.9. The highest BCUT2D eigenvalue weighted by molar-refractivity contribution is 5.26. The van der Waals surface area contributed by atoms with Gasteiger partial charge in [-0.05, 0) is 37.1 Å². The minimum Gasteiger partial charge on any atom is -0.375 e. The molecule has 0 saturated carbocycles. The first-order valence-corrected chi connectivity index (χ1v) is 7.86. The summed E-state index contributed by atoms with van der Waals surface area (Å²) in [5.74, 6) is 0. The van der Waals surface area contributed by atoms with Crippen LogP contribution in [0, 0.1) is 0 Å². The number of nitrogens with one attached hydrogen (secondary N) is 1. The molecule has 1 fully saturated rings. The van der Waals surface area contributed by atoms with Crippen molar-refractivity contribution in [1.82, 2.24) is 10.2 Å². The van der Waals surface area contributed by atoms with Crippen molar-refractivity contribution in [3.63, 3.8) is 0 Å². The lowest BCUT2D eigenvalue weighted by Crippen LogP contribution is -2.24. The smallest absolute Gasteiger partial charge is 0.0720 e. The summed E-state index contributed by atoms with van der Waals surface area (Å²) in [6, 6.07) is 9.07. The lowest BCUT2D eigenvalue weighted by atomic mass is 10.1. The van der Waals surface area contributed by atoms with Gasteiger partial charge in [-0.1, -0.05) is 38.1 Å². The Balaban J connectivity index is 1.73.